The minimum Gasteiger partial charge on any atom is -0.377 e. The van der Waals surface area contributed by atoms with Crippen molar-refractivity contribution >= 4 is 20.6 Å². The van der Waals surface area contributed by atoms with Crippen LogP contribution in [-0.4, -0.2) is 55.4 Å². The van der Waals surface area contributed by atoms with Gasteiger partial charge in [0.05, 0.1) is 11.9 Å². The summed E-state index contributed by atoms with van der Waals surface area (Å²) >= 11 is 0. The first kappa shape index (κ1) is 16.0. The number of sulfone groups is 1. The Bertz CT molecular complexity index is 303. The zero-order valence-corrected chi connectivity index (χ0v) is 11.5. The van der Waals surface area contributed by atoms with Crippen molar-refractivity contribution in [2.24, 2.45) is 5.73 Å². The normalized spacial score (nSPS) is 15.9. The fourth-order valence-corrected chi connectivity index (χ4v) is 3.80. The van der Waals surface area contributed by atoms with Crippen LogP contribution in [0.25, 0.3) is 0 Å². The smallest absolute Gasteiger partial charge is 0.148 e. The number of hydrogen-bond donors (Lipinski definition) is 1. The van der Waals surface area contributed by atoms with E-state index in [0.29, 0.717) is 25.3 Å². The van der Waals surface area contributed by atoms with Gasteiger partial charge >= 0.3 is 0 Å². The first-order valence-electron chi connectivity index (χ1n) is 5.23. The van der Waals surface area contributed by atoms with E-state index < -0.39 is 20.6 Å². The van der Waals surface area contributed by atoms with Crippen LogP contribution in [0.3, 0.4) is 0 Å². The van der Waals surface area contributed by atoms with Crippen LogP contribution in [0.1, 0.15) is 13.3 Å². The molecule has 0 heterocycles. The molecule has 2 atom stereocenters. The van der Waals surface area contributed by atoms with Crippen LogP contribution in [0.5, 0.6) is 0 Å². The highest BCUT2D eigenvalue weighted by molar-refractivity contribution is 7.92. The van der Waals surface area contributed by atoms with Crippen molar-refractivity contribution in [2.75, 3.05) is 36.7 Å². The van der Waals surface area contributed by atoms with E-state index in [9.17, 15) is 12.6 Å². The topological polar surface area (TPSA) is 86.5 Å². The Hall–Kier alpha value is 0.0200. The van der Waals surface area contributed by atoms with Crippen LogP contribution in [0, 0.1) is 0 Å². The first-order valence-corrected chi connectivity index (χ1v) is 8.78. The van der Waals surface area contributed by atoms with Crippen LogP contribution in [0.4, 0.5) is 0 Å². The highest BCUT2D eigenvalue weighted by atomic mass is 32.2. The lowest BCUT2D eigenvalue weighted by Gasteiger charge is -2.13. The monoisotopic (exact) mass is 271 g/mol. The Labute approximate surface area is 100 Å². The second-order valence-corrected chi connectivity index (χ2v) is 7.54. The molecule has 98 valence electrons. The number of nitrogens with two attached hydrogens (primary N) is 1. The van der Waals surface area contributed by atoms with Gasteiger partial charge in [-0.2, -0.15) is 0 Å². The third-order valence-electron chi connectivity index (χ3n) is 2.01. The second kappa shape index (κ2) is 8.16. The van der Waals surface area contributed by atoms with Crippen molar-refractivity contribution in [3.8, 4) is 0 Å². The predicted molar refractivity (Wildman–Crippen MR) is 66.7 cm³/mol. The maximum absolute atomic E-state index is 11.5. The predicted octanol–water partition coefficient (Wildman–Crippen LogP) is -0.466. The minimum absolute atomic E-state index is 0.0263. The van der Waals surface area contributed by atoms with Gasteiger partial charge in [0.1, 0.15) is 9.84 Å². The first-order chi connectivity index (χ1) is 7.39. The van der Waals surface area contributed by atoms with E-state index >= 15 is 0 Å². The van der Waals surface area contributed by atoms with Gasteiger partial charge in [-0.05, 0) is 13.3 Å². The molecule has 0 saturated heterocycles. The largest absolute Gasteiger partial charge is 0.377 e. The van der Waals surface area contributed by atoms with Crippen LogP contribution in [0.15, 0.2) is 0 Å². The Kier molecular flexibility index (Phi) is 8.17. The standard InChI is InChI=1S/C9H21NO4S2/c1-3-14-9(8-10)4-5-15(11)6-7-16(2,12)13/h9H,3-8,10H2,1-2H3. The SMILES string of the molecule is CCOC(CN)CCS(=O)CCS(C)(=O)=O. The van der Waals surface area contributed by atoms with Crippen molar-refractivity contribution < 1.29 is 17.4 Å². The lowest BCUT2D eigenvalue weighted by Crippen LogP contribution is -2.26. The maximum Gasteiger partial charge on any atom is 0.148 e. The molecule has 0 spiro atoms. The van der Waals surface area contributed by atoms with E-state index in [1.165, 1.54) is 0 Å². The van der Waals surface area contributed by atoms with Crippen molar-refractivity contribution in [1.29, 1.82) is 0 Å². The Morgan fingerprint density at radius 3 is 2.44 bits per heavy atom. The third kappa shape index (κ3) is 9.26. The fraction of sp³-hybridized carbons (Fsp3) is 1.00. The van der Waals surface area contributed by atoms with E-state index in [2.05, 4.69) is 0 Å². The zero-order chi connectivity index (χ0) is 12.6. The van der Waals surface area contributed by atoms with Crippen LogP contribution in [-0.2, 0) is 25.4 Å². The van der Waals surface area contributed by atoms with Crippen molar-refractivity contribution in [2.45, 2.75) is 19.4 Å². The molecular formula is C9H21NO4S2. The number of ether oxygens (including phenoxy) is 1. The molecule has 0 aliphatic carbocycles. The molecule has 0 aromatic rings. The lowest BCUT2D eigenvalue weighted by molar-refractivity contribution is 0.0672. The molecule has 0 amide bonds. The van der Waals surface area contributed by atoms with Gasteiger partial charge in [0.25, 0.3) is 0 Å². The van der Waals surface area contributed by atoms with Crippen molar-refractivity contribution in [3.63, 3.8) is 0 Å². The summed E-state index contributed by atoms with van der Waals surface area (Å²) in [5, 5.41) is 0. The molecule has 0 aliphatic heterocycles. The van der Waals surface area contributed by atoms with E-state index in [-0.39, 0.29) is 17.6 Å². The average molecular weight is 271 g/mol. The number of rotatable bonds is 9. The minimum atomic E-state index is -3.02. The third-order valence-corrected chi connectivity index (χ3v) is 4.57. The summed E-state index contributed by atoms with van der Waals surface area (Å²) < 4.78 is 38.5. The van der Waals surface area contributed by atoms with Crippen molar-refractivity contribution in [3.05, 3.63) is 0 Å². The maximum atomic E-state index is 11.5. The van der Waals surface area contributed by atoms with Gasteiger partial charge in [-0.3, -0.25) is 4.21 Å². The summed E-state index contributed by atoms with van der Waals surface area (Å²) in [6.45, 7) is 2.86. The molecule has 0 fully saturated rings. The van der Waals surface area contributed by atoms with Gasteiger partial charge in [0.2, 0.25) is 0 Å². The quantitative estimate of drug-likeness (QED) is 0.613. The molecule has 0 bridgehead atoms. The van der Waals surface area contributed by atoms with Gasteiger partial charge in [-0.15, -0.1) is 0 Å². The molecule has 5 nitrogen and oxygen atoms in total. The molecule has 0 aliphatic rings. The van der Waals surface area contributed by atoms with E-state index in [1.54, 1.807) is 0 Å². The second-order valence-electron chi connectivity index (χ2n) is 3.58. The Morgan fingerprint density at radius 2 is 2.00 bits per heavy atom. The van der Waals surface area contributed by atoms with Crippen LogP contribution in [0.2, 0.25) is 0 Å². The summed E-state index contributed by atoms with van der Waals surface area (Å²) in [5.41, 5.74) is 5.47. The van der Waals surface area contributed by atoms with Gasteiger partial charge < -0.3 is 10.5 Å². The van der Waals surface area contributed by atoms with Crippen LogP contribution >= 0.6 is 0 Å². The fourth-order valence-electron chi connectivity index (χ4n) is 1.11. The van der Waals surface area contributed by atoms with Gasteiger partial charge in [0, 0.05) is 41.7 Å². The molecule has 2 unspecified atom stereocenters. The van der Waals surface area contributed by atoms with Crippen LogP contribution < -0.4 is 5.73 Å². The summed E-state index contributed by atoms with van der Waals surface area (Å²) in [6, 6.07) is 0. The molecule has 2 N–H and O–H groups in total. The molecule has 0 aromatic heterocycles. The molecular weight excluding hydrogens is 250 g/mol. The van der Waals surface area contributed by atoms with E-state index in [0.717, 1.165) is 6.26 Å². The number of hydrogen-bond acceptors (Lipinski definition) is 5. The summed E-state index contributed by atoms with van der Waals surface area (Å²) in [4.78, 5) is 0. The van der Waals surface area contributed by atoms with Gasteiger partial charge in [-0.1, -0.05) is 0 Å². The molecule has 0 saturated carbocycles. The molecule has 16 heavy (non-hydrogen) atoms. The average Bonchev–Trinajstić information content (AvgIpc) is 2.20. The highest BCUT2D eigenvalue weighted by Crippen LogP contribution is 1.99. The molecule has 0 radical (unpaired) electrons. The molecule has 0 aromatic carbocycles. The molecule has 7 heteroatoms. The summed E-state index contributed by atoms with van der Waals surface area (Å²) in [7, 11) is -4.13. The zero-order valence-electron chi connectivity index (χ0n) is 9.85. The van der Waals surface area contributed by atoms with E-state index in [4.69, 9.17) is 10.5 Å². The summed E-state index contributed by atoms with van der Waals surface area (Å²) in [5.74, 6) is 0.612. The van der Waals surface area contributed by atoms with E-state index in [1.807, 2.05) is 6.92 Å². The summed E-state index contributed by atoms with van der Waals surface area (Å²) in [6.07, 6.45) is 1.68. The Balaban J connectivity index is 3.80. The van der Waals surface area contributed by atoms with Crippen molar-refractivity contribution in [1.82, 2.24) is 0 Å². The van der Waals surface area contributed by atoms with Gasteiger partial charge in [-0.25, -0.2) is 8.42 Å². The molecule has 0 rings (SSSR count). The van der Waals surface area contributed by atoms with Gasteiger partial charge in [0.15, 0.2) is 0 Å². The lowest BCUT2D eigenvalue weighted by atomic mass is 10.3. The highest BCUT2D eigenvalue weighted by Gasteiger charge is 2.10. The Morgan fingerprint density at radius 1 is 1.38 bits per heavy atom.